The van der Waals surface area contributed by atoms with E-state index in [4.69, 9.17) is 10.2 Å². The Bertz CT molecular complexity index is 324. The molecule has 1 heterocycles. The van der Waals surface area contributed by atoms with E-state index in [-0.39, 0.29) is 0 Å². The number of hydrogen-bond donors (Lipinski definition) is 2. The van der Waals surface area contributed by atoms with Crippen molar-refractivity contribution in [1.82, 2.24) is 10.3 Å². The Morgan fingerprint density at radius 1 is 1.56 bits per heavy atom. The molecule has 0 amide bonds. The topological polar surface area (TPSA) is 64.1 Å². The van der Waals surface area contributed by atoms with E-state index in [9.17, 15) is 0 Å². The van der Waals surface area contributed by atoms with Crippen LogP contribution in [0.3, 0.4) is 0 Å². The zero-order valence-corrected chi connectivity index (χ0v) is 9.91. The Morgan fingerprint density at radius 3 is 3.12 bits per heavy atom. The van der Waals surface area contributed by atoms with Crippen LogP contribution in [0.2, 0.25) is 0 Å². The first-order valence-corrected chi connectivity index (χ1v) is 6.20. The SMILES string of the molecule is CCc1cnc(CNC2CCCC(N)C2)o1. The lowest BCUT2D eigenvalue weighted by atomic mass is 9.92. The van der Waals surface area contributed by atoms with Crippen LogP contribution in [-0.4, -0.2) is 17.1 Å². The van der Waals surface area contributed by atoms with E-state index in [0.29, 0.717) is 12.1 Å². The van der Waals surface area contributed by atoms with Gasteiger partial charge in [0.15, 0.2) is 0 Å². The molecule has 1 aromatic heterocycles. The van der Waals surface area contributed by atoms with Crippen LogP contribution in [0.5, 0.6) is 0 Å². The number of nitrogens with one attached hydrogen (secondary N) is 1. The summed E-state index contributed by atoms with van der Waals surface area (Å²) in [5.41, 5.74) is 5.94. The summed E-state index contributed by atoms with van der Waals surface area (Å²) in [7, 11) is 0. The van der Waals surface area contributed by atoms with Crippen molar-refractivity contribution in [3.63, 3.8) is 0 Å². The van der Waals surface area contributed by atoms with E-state index >= 15 is 0 Å². The number of aromatic nitrogens is 1. The van der Waals surface area contributed by atoms with Crippen LogP contribution >= 0.6 is 0 Å². The van der Waals surface area contributed by atoms with Gasteiger partial charge in [0.2, 0.25) is 5.89 Å². The van der Waals surface area contributed by atoms with Gasteiger partial charge < -0.3 is 15.5 Å². The van der Waals surface area contributed by atoms with Crippen molar-refractivity contribution < 1.29 is 4.42 Å². The first-order chi connectivity index (χ1) is 7.78. The Kier molecular flexibility index (Phi) is 3.96. The van der Waals surface area contributed by atoms with Crippen molar-refractivity contribution in [2.45, 2.75) is 57.7 Å². The molecular weight excluding hydrogens is 202 g/mol. The third kappa shape index (κ3) is 3.06. The Hall–Kier alpha value is -0.870. The van der Waals surface area contributed by atoms with Crippen LogP contribution in [0.15, 0.2) is 10.6 Å². The fourth-order valence-corrected chi connectivity index (χ4v) is 2.24. The monoisotopic (exact) mass is 223 g/mol. The minimum atomic E-state index is 0.363. The third-order valence-electron chi connectivity index (χ3n) is 3.21. The normalized spacial score (nSPS) is 25.9. The van der Waals surface area contributed by atoms with Crippen LogP contribution in [0.25, 0.3) is 0 Å². The van der Waals surface area contributed by atoms with Crippen molar-refractivity contribution in [1.29, 1.82) is 0 Å². The van der Waals surface area contributed by atoms with Gasteiger partial charge in [-0.3, -0.25) is 0 Å². The zero-order valence-electron chi connectivity index (χ0n) is 9.91. The molecule has 0 aliphatic heterocycles. The molecular formula is C12H21N3O. The molecule has 2 unspecified atom stereocenters. The van der Waals surface area contributed by atoms with Gasteiger partial charge in [-0.1, -0.05) is 13.3 Å². The van der Waals surface area contributed by atoms with E-state index in [2.05, 4.69) is 17.2 Å². The molecule has 4 nitrogen and oxygen atoms in total. The smallest absolute Gasteiger partial charge is 0.208 e. The Morgan fingerprint density at radius 2 is 2.44 bits per heavy atom. The second-order valence-corrected chi connectivity index (χ2v) is 4.58. The number of hydrogen-bond acceptors (Lipinski definition) is 4. The molecule has 4 heteroatoms. The molecule has 16 heavy (non-hydrogen) atoms. The summed E-state index contributed by atoms with van der Waals surface area (Å²) in [6.07, 6.45) is 7.39. The van der Waals surface area contributed by atoms with Crippen LogP contribution in [0, 0.1) is 0 Å². The molecule has 0 bridgehead atoms. The number of nitrogens with two attached hydrogens (primary N) is 1. The van der Waals surface area contributed by atoms with Crippen molar-refractivity contribution in [2.75, 3.05) is 0 Å². The van der Waals surface area contributed by atoms with Gasteiger partial charge in [-0.15, -0.1) is 0 Å². The van der Waals surface area contributed by atoms with Crippen LogP contribution in [-0.2, 0) is 13.0 Å². The highest BCUT2D eigenvalue weighted by atomic mass is 16.4. The van der Waals surface area contributed by atoms with E-state index in [1.807, 2.05) is 6.20 Å². The lowest BCUT2D eigenvalue weighted by molar-refractivity contribution is 0.323. The van der Waals surface area contributed by atoms with Gasteiger partial charge in [0.1, 0.15) is 5.76 Å². The average molecular weight is 223 g/mol. The fraction of sp³-hybridized carbons (Fsp3) is 0.750. The van der Waals surface area contributed by atoms with Gasteiger partial charge in [0.25, 0.3) is 0 Å². The first kappa shape index (κ1) is 11.6. The Balaban J connectivity index is 1.78. The van der Waals surface area contributed by atoms with Crippen LogP contribution in [0.4, 0.5) is 0 Å². The van der Waals surface area contributed by atoms with Gasteiger partial charge in [0, 0.05) is 18.5 Å². The predicted molar refractivity (Wildman–Crippen MR) is 63.0 cm³/mol. The molecule has 1 aliphatic carbocycles. The molecule has 1 aliphatic rings. The van der Waals surface area contributed by atoms with E-state index in [1.165, 1.54) is 12.8 Å². The fourth-order valence-electron chi connectivity index (χ4n) is 2.24. The molecule has 1 fully saturated rings. The molecule has 1 aromatic rings. The van der Waals surface area contributed by atoms with Crippen molar-refractivity contribution >= 4 is 0 Å². The summed E-state index contributed by atoms with van der Waals surface area (Å²) in [4.78, 5) is 4.23. The summed E-state index contributed by atoms with van der Waals surface area (Å²) < 4.78 is 5.55. The Labute approximate surface area is 96.6 Å². The van der Waals surface area contributed by atoms with Gasteiger partial charge in [-0.25, -0.2) is 4.98 Å². The van der Waals surface area contributed by atoms with Crippen molar-refractivity contribution in [2.24, 2.45) is 5.73 Å². The summed E-state index contributed by atoms with van der Waals surface area (Å²) in [6.45, 7) is 2.79. The molecule has 1 saturated carbocycles. The minimum Gasteiger partial charge on any atom is -0.444 e. The van der Waals surface area contributed by atoms with E-state index < -0.39 is 0 Å². The third-order valence-corrected chi connectivity index (χ3v) is 3.21. The lowest BCUT2D eigenvalue weighted by Crippen LogP contribution is -2.39. The van der Waals surface area contributed by atoms with Gasteiger partial charge >= 0.3 is 0 Å². The van der Waals surface area contributed by atoms with Crippen molar-refractivity contribution in [3.8, 4) is 0 Å². The molecule has 2 rings (SSSR count). The quantitative estimate of drug-likeness (QED) is 0.813. The number of rotatable bonds is 4. The minimum absolute atomic E-state index is 0.363. The standard InChI is InChI=1S/C12H21N3O/c1-2-11-7-15-12(16-11)8-14-10-5-3-4-9(13)6-10/h7,9-10,14H,2-6,8,13H2,1H3. The van der Waals surface area contributed by atoms with Crippen LogP contribution in [0.1, 0.15) is 44.3 Å². The molecule has 3 N–H and O–H groups in total. The second-order valence-electron chi connectivity index (χ2n) is 4.58. The highest BCUT2D eigenvalue weighted by molar-refractivity contribution is 4.93. The summed E-state index contributed by atoms with van der Waals surface area (Å²) in [6, 6.07) is 0.891. The van der Waals surface area contributed by atoms with Crippen molar-refractivity contribution in [3.05, 3.63) is 17.8 Å². The first-order valence-electron chi connectivity index (χ1n) is 6.20. The van der Waals surface area contributed by atoms with Gasteiger partial charge in [-0.2, -0.15) is 0 Å². The summed E-state index contributed by atoms with van der Waals surface area (Å²) in [5.74, 6) is 1.74. The maximum atomic E-state index is 5.94. The molecule has 0 spiro atoms. The zero-order chi connectivity index (χ0) is 11.4. The number of oxazole rings is 1. The largest absolute Gasteiger partial charge is 0.444 e. The van der Waals surface area contributed by atoms with Gasteiger partial charge in [-0.05, 0) is 19.3 Å². The second kappa shape index (κ2) is 5.46. The number of nitrogens with zero attached hydrogens (tertiary/aromatic N) is 1. The van der Waals surface area contributed by atoms with Crippen LogP contribution < -0.4 is 11.1 Å². The van der Waals surface area contributed by atoms with E-state index in [1.54, 1.807) is 0 Å². The molecule has 0 saturated heterocycles. The summed E-state index contributed by atoms with van der Waals surface area (Å²) in [5, 5.41) is 3.47. The molecule has 2 atom stereocenters. The van der Waals surface area contributed by atoms with E-state index in [0.717, 1.165) is 37.5 Å². The highest BCUT2D eigenvalue weighted by Crippen LogP contribution is 2.17. The highest BCUT2D eigenvalue weighted by Gasteiger charge is 2.18. The molecule has 90 valence electrons. The molecule has 0 radical (unpaired) electrons. The number of aryl methyl sites for hydroxylation is 1. The lowest BCUT2D eigenvalue weighted by Gasteiger charge is -2.26. The predicted octanol–water partition coefficient (Wildman–Crippen LogP) is 1.60. The maximum Gasteiger partial charge on any atom is 0.208 e. The molecule has 0 aromatic carbocycles. The summed E-state index contributed by atoms with van der Waals surface area (Å²) >= 11 is 0. The average Bonchev–Trinajstić information content (AvgIpc) is 2.74. The maximum absolute atomic E-state index is 5.94. The van der Waals surface area contributed by atoms with Gasteiger partial charge in [0.05, 0.1) is 12.7 Å².